The Kier molecular flexibility index (Phi) is 16.1. The molecule has 0 spiro atoms. The highest BCUT2D eigenvalue weighted by molar-refractivity contribution is 6.86. The van der Waals surface area contributed by atoms with Gasteiger partial charge in [-0.05, 0) is 131 Å². The van der Waals surface area contributed by atoms with E-state index in [4.69, 9.17) is 29.7 Å². The van der Waals surface area contributed by atoms with Crippen LogP contribution < -0.4 is 0 Å². The molecule has 0 amide bonds. The number of aryl methyl sites for hydroxylation is 3. The maximum Gasteiger partial charge on any atom is 0.482 e. The lowest BCUT2D eigenvalue weighted by molar-refractivity contribution is 0.0724. The Hall–Kier alpha value is -1.75. The van der Waals surface area contributed by atoms with E-state index in [2.05, 4.69) is 54.2 Å². The zero-order chi connectivity index (χ0) is 35.2. The molecular weight excluding hydrogens is 691 g/mol. The summed E-state index contributed by atoms with van der Waals surface area (Å²) in [6.45, 7) is 20.2. The summed E-state index contributed by atoms with van der Waals surface area (Å²) in [6.07, 6.45) is 15.9. The predicted octanol–water partition coefficient (Wildman–Crippen LogP) is 7.56. The lowest BCUT2D eigenvalue weighted by Gasteiger charge is -2.42. The quantitative estimate of drug-likeness (QED) is 0.0714. The third-order valence-corrected chi connectivity index (χ3v) is 22.9. The number of aromatic nitrogens is 3. The van der Waals surface area contributed by atoms with Crippen molar-refractivity contribution in [2.24, 2.45) is 0 Å². The third-order valence-electron chi connectivity index (χ3n) is 6.89. The number of hydrogen-bond donors (Lipinski definition) is 0. The Labute approximate surface area is 294 Å². The van der Waals surface area contributed by atoms with Gasteiger partial charge in [0.2, 0.25) is 0 Å². The molecule has 0 aliphatic carbocycles. The topological polar surface area (TPSA) is 103 Å². The zero-order valence-corrected chi connectivity index (χ0v) is 35.5. The van der Waals surface area contributed by atoms with Crippen LogP contribution in [-0.4, -0.2) is 77.8 Å². The minimum absolute atomic E-state index is 0.448. The second-order valence-electron chi connectivity index (χ2n) is 14.1. The predicted molar refractivity (Wildman–Crippen MR) is 201 cm³/mol. The van der Waals surface area contributed by atoms with Gasteiger partial charge in [0.05, 0.1) is 0 Å². The van der Waals surface area contributed by atoms with Crippen LogP contribution in [0.3, 0.4) is 0 Å². The first kappa shape index (κ1) is 40.7. The van der Waals surface area contributed by atoms with Crippen molar-refractivity contribution in [2.75, 3.05) is 19.8 Å². The second kappa shape index (κ2) is 19.0. The number of rotatable bonds is 23. The molecule has 2 atom stereocenters. The van der Waals surface area contributed by atoms with Crippen molar-refractivity contribution in [3.05, 3.63) is 90.3 Å². The van der Waals surface area contributed by atoms with Gasteiger partial charge in [0.25, 0.3) is 0 Å². The Morgan fingerprint density at radius 2 is 0.646 bits per heavy atom. The third kappa shape index (κ3) is 16.8. The minimum atomic E-state index is -3.47. The molecule has 0 aromatic carbocycles. The Morgan fingerprint density at radius 1 is 0.396 bits per heavy atom. The summed E-state index contributed by atoms with van der Waals surface area (Å²) in [5.41, 5.74) is 3.64. The number of pyridine rings is 3. The summed E-state index contributed by atoms with van der Waals surface area (Å²) in [7, 11) is -14.2. The van der Waals surface area contributed by atoms with Gasteiger partial charge >= 0.3 is 26.4 Å². The van der Waals surface area contributed by atoms with Crippen molar-refractivity contribution in [1.82, 2.24) is 15.0 Å². The van der Waals surface area contributed by atoms with Gasteiger partial charge in [-0.1, -0.05) is 0 Å². The van der Waals surface area contributed by atoms with Crippen LogP contribution in [0.15, 0.2) is 73.6 Å². The largest absolute Gasteiger partial charge is 0.482 e. The monoisotopic (exact) mass is 747 g/mol. The van der Waals surface area contributed by atoms with E-state index in [0.29, 0.717) is 19.8 Å². The first-order chi connectivity index (χ1) is 22.6. The van der Waals surface area contributed by atoms with Crippen LogP contribution in [0.2, 0.25) is 58.9 Å². The lowest BCUT2D eigenvalue weighted by Crippen LogP contribution is -2.64. The fourth-order valence-electron chi connectivity index (χ4n) is 5.28. The van der Waals surface area contributed by atoms with Crippen LogP contribution in [0.25, 0.3) is 0 Å². The van der Waals surface area contributed by atoms with Crippen LogP contribution in [0.5, 0.6) is 0 Å². The van der Waals surface area contributed by atoms with E-state index in [0.717, 1.165) is 38.5 Å². The summed E-state index contributed by atoms with van der Waals surface area (Å²) in [5.74, 6) is 0. The minimum Gasteiger partial charge on any atom is -0.416 e. The molecule has 0 fully saturated rings. The van der Waals surface area contributed by atoms with Crippen molar-refractivity contribution in [3.63, 3.8) is 0 Å². The lowest BCUT2D eigenvalue weighted by atomic mass is 10.1. The van der Waals surface area contributed by atoms with Crippen molar-refractivity contribution in [2.45, 2.75) is 97.4 Å². The van der Waals surface area contributed by atoms with Gasteiger partial charge in [-0.3, -0.25) is 15.0 Å². The molecule has 0 radical (unpaired) electrons. The van der Waals surface area contributed by atoms with Gasteiger partial charge in [-0.25, -0.2) is 0 Å². The highest BCUT2D eigenvalue weighted by atomic mass is 28.5. The molecule has 0 saturated heterocycles. The van der Waals surface area contributed by atoms with E-state index in [9.17, 15) is 0 Å². The first-order valence-electron chi connectivity index (χ1n) is 17.0. The summed E-state index contributed by atoms with van der Waals surface area (Å²) in [4.78, 5) is 12.4. The van der Waals surface area contributed by atoms with E-state index in [1.165, 1.54) is 16.7 Å². The zero-order valence-electron chi connectivity index (χ0n) is 30.5. The average Bonchev–Trinajstić information content (AvgIpc) is 2.99. The maximum absolute atomic E-state index is 6.98. The first-order valence-corrected chi connectivity index (χ1v) is 30.4. The Morgan fingerprint density at radius 3 is 0.896 bits per heavy atom. The molecular formula is C33H57N3O7Si5. The van der Waals surface area contributed by atoms with Crippen molar-refractivity contribution in [1.29, 1.82) is 0 Å². The molecule has 3 heterocycles. The second-order valence-corrected chi connectivity index (χ2v) is 31.9. The standard InChI is InChI=1S/C33H57N3O7Si5/c1-44(2,3)40-46(7,37-28-10-13-31-16-22-34-23-17-31)42-48(9,39-30-12-15-33-20-26-36-27-21-33)43-47(8,41-45(4,5)6)38-29-11-14-32-18-24-35-25-19-32/h16-27H,10-15,28-30H2,1-9H3. The van der Waals surface area contributed by atoms with Crippen LogP contribution in [0, 0.1) is 0 Å². The average molecular weight is 748 g/mol. The molecule has 0 aliphatic heterocycles. The number of hydrogen-bond acceptors (Lipinski definition) is 10. The number of nitrogens with zero attached hydrogens (tertiary/aromatic N) is 3. The molecule has 0 bridgehead atoms. The van der Waals surface area contributed by atoms with Gasteiger partial charge in [-0.2, -0.15) is 0 Å². The van der Waals surface area contributed by atoms with Crippen LogP contribution in [-0.2, 0) is 49.0 Å². The van der Waals surface area contributed by atoms with Crippen LogP contribution in [0.4, 0.5) is 0 Å². The Bertz CT molecular complexity index is 1250. The Balaban J connectivity index is 1.80. The highest BCUT2D eigenvalue weighted by Crippen LogP contribution is 2.29. The van der Waals surface area contributed by atoms with Gasteiger partial charge in [0, 0.05) is 76.6 Å². The van der Waals surface area contributed by atoms with E-state index in [1.54, 1.807) is 0 Å². The smallest absolute Gasteiger partial charge is 0.416 e. The van der Waals surface area contributed by atoms with E-state index < -0.39 is 43.0 Å². The SMILES string of the molecule is C[Si](C)(C)O[Si](C)(OCCCc1ccncc1)O[Si](C)(OCCCc1ccncc1)O[Si](C)(OCCCc1ccncc1)O[Si](C)(C)C. The van der Waals surface area contributed by atoms with Crippen molar-refractivity contribution in [3.8, 4) is 0 Å². The van der Waals surface area contributed by atoms with Crippen molar-refractivity contribution < 1.29 is 29.7 Å². The summed E-state index contributed by atoms with van der Waals surface area (Å²) in [6, 6.07) is 12.2. The normalized spacial score (nSPS) is 16.2. The van der Waals surface area contributed by atoms with Gasteiger partial charge in [-0.15, -0.1) is 0 Å². The molecule has 48 heavy (non-hydrogen) atoms. The van der Waals surface area contributed by atoms with Gasteiger partial charge in [0.15, 0.2) is 16.6 Å². The molecule has 15 heteroatoms. The van der Waals surface area contributed by atoms with E-state index >= 15 is 0 Å². The van der Waals surface area contributed by atoms with Crippen LogP contribution in [0.1, 0.15) is 36.0 Å². The van der Waals surface area contributed by atoms with Crippen LogP contribution >= 0.6 is 0 Å². The summed E-state index contributed by atoms with van der Waals surface area (Å²) in [5, 5.41) is 0. The molecule has 3 aromatic rings. The van der Waals surface area contributed by atoms with Gasteiger partial charge in [0.1, 0.15) is 0 Å². The van der Waals surface area contributed by atoms with E-state index in [1.807, 2.05) is 93.2 Å². The fraction of sp³-hybridized carbons (Fsp3) is 0.545. The highest BCUT2D eigenvalue weighted by Gasteiger charge is 2.55. The van der Waals surface area contributed by atoms with E-state index in [-0.39, 0.29) is 0 Å². The molecule has 0 aliphatic rings. The molecule has 0 N–H and O–H groups in total. The molecule has 2 unspecified atom stereocenters. The van der Waals surface area contributed by atoms with Crippen molar-refractivity contribution >= 4 is 43.0 Å². The fourth-order valence-corrected chi connectivity index (χ4v) is 24.1. The molecule has 266 valence electrons. The summed E-state index contributed by atoms with van der Waals surface area (Å²) >= 11 is 0. The maximum atomic E-state index is 6.98. The molecule has 0 saturated carbocycles. The molecule has 3 rings (SSSR count). The summed E-state index contributed by atoms with van der Waals surface area (Å²) < 4.78 is 47.3. The molecule has 10 nitrogen and oxygen atoms in total. The molecule has 3 aromatic heterocycles. The van der Waals surface area contributed by atoms with Gasteiger partial charge < -0.3 is 29.7 Å².